The summed E-state index contributed by atoms with van der Waals surface area (Å²) in [6, 6.07) is 6.15. The molecule has 0 unspecified atom stereocenters. The molecule has 0 aromatic carbocycles. The third kappa shape index (κ3) is 3.07. The van der Waals surface area contributed by atoms with Crippen molar-refractivity contribution in [1.82, 2.24) is 9.97 Å². The second-order valence-electron chi connectivity index (χ2n) is 4.56. The Morgan fingerprint density at radius 1 is 1.33 bits per heavy atom. The van der Waals surface area contributed by atoms with Crippen molar-refractivity contribution in [1.29, 1.82) is 0 Å². The van der Waals surface area contributed by atoms with Gasteiger partial charge in [0.05, 0.1) is 4.88 Å². The molecule has 0 fully saturated rings. The Morgan fingerprint density at radius 2 is 2.17 bits per heavy atom. The maximum atomic E-state index is 4.64. The topological polar surface area (TPSA) is 37.8 Å². The summed E-state index contributed by atoms with van der Waals surface area (Å²) in [4.78, 5) is 10.3. The predicted octanol–water partition coefficient (Wildman–Crippen LogP) is 4.15. The summed E-state index contributed by atoms with van der Waals surface area (Å²) in [6.07, 6.45) is 1.09. The highest BCUT2D eigenvalue weighted by atomic mass is 32.1. The van der Waals surface area contributed by atoms with E-state index >= 15 is 0 Å². The molecule has 2 rings (SSSR count). The van der Waals surface area contributed by atoms with Crippen LogP contribution in [-0.4, -0.2) is 16.5 Å². The molecule has 0 radical (unpaired) electrons. The first kappa shape index (κ1) is 13.0. The van der Waals surface area contributed by atoms with Crippen LogP contribution in [0.1, 0.15) is 38.8 Å². The second-order valence-corrected chi connectivity index (χ2v) is 5.51. The molecule has 0 spiro atoms. The summed E-state index contributed by atoms with van der Waals surface area (Å²) in [5, 5.41) is 5.40. The lowest BCUT2D eigenvalue weighted by Crippen LogP contribution is -2.06. The molecule has 4 heteroatoms. The van der Waals surface area contributed by atoms with E-state index in [1.54, 1.807) is 11.3 Å². The Kier molecular flexibility index (Phi) is 4.31. The van der Waals surface area contributed by atoms with Gasteiger partial charge in [0.2, 0.25) is 0 Å². The maximum absolute atomic E-state index is 4.64. The van der Waals surface area contributed by atoms with E-state index < -0.39 is 0 Å². The van der Waals surface area contributed by atoms with E-state index in [9.17, 15) is 0 Å². The Labute approximate surface area is 112 Å². The molecule has 0 saturated carbocycles. The second kappa shape index (κ2) is 5.96. The van der Waals surface area contributed by atoms with Crippen LogP contribution in [0.15, 0.2) is 23.6 Å². The van der Waals surface area contributed by atoms with E-state index in [0.29, 0.717) is 5.92 Å². The molecule has 0 aliphatic heterocycles. The predicted molar refractivity (Wildman–Crippen MR) is 78.2 cm³/mol. The van der Waals surface area contributed by atoms with Gasteiger partial charge in [0.25, 0.3) is 0 Å². The van der Waals surface area contributed by atoms with Gasteiger partial charge in [-0.05, 0) is 23.8 Å². The first-order chi connectivity index (χ1) is 8.70. The number of anilines is 1. The van der Waals surface area contributed by atoms with E-state index in [4.69, 9.17) is 0 Å². The minimum absolute atomic E-state index is 0.411. The summed E-state index contributed by atoms with van der Waals surface area (Å²) >= 11 is 1.68. The number of rotatable bonds is 5. The lowest BCUT2D eigenvalue weighted by atomic mass is 10.1. The zero-order valence-electron chi connectivity index (χ0n) is 11.1. The van der Waals surface area contributed by atoms with E-state index in [1.807, 2.05) is 6.07 Å². The van der Waals surface area contributed by atoms with Crippen LogP contribution < -0.4 is 5.32 Å². The summed E-state index contributed by atoms with van der Waals surface area (Å²) in [5.41, 5.74) is 1.09. The zero-order valence-corrected chi connectivity index (χ0v) is 11.9. The van der Waals surface area contributed by atoms with Crippen molar-refractivity contribution in [2.45, 2.75) is 33.1 Å². The highest BCUT2D eigenvalue weighted by Crippen LogP contribution is 2.25. The third-order valence-corrected chi connectivity index (χ3v) is 3.50. The van der Waals surface area contributed by atoms with Gasteiger partial charge in [-0.2, -0.15) is 0 Å². The quantitative estimate of drug-likeness (QED) is 0.878. The fourth-order valence-electron chi connectivity index (χ4n) is 1.62. The lowest BCUT2D eigenvalue weighted by molar-refractivity contribution is 0.816. The smallest absolute Gasteiger partial charge is 0.171 e. The fourth-order valence-corrected chi connectivity index (χ4v) is 2.28. The minimum atomic E-state index is 0.411. The van der Waals surface area contributed by atoms with Crippen molar-refractivity contribution < 1.29 is 0 Å². The molecule has 18 heavy (non-hydrogen) atoms. The minimum Gasteiger partial charge on any atom is -0.370 e. The van der Waals surface area contributed by atoms with Crippen LogP contribution in [0, 0.1) is 0 Å². The van der Waals surface area contributed by atoms with E-state index in [1.165, 1.54) is 0 Å². The molecule has 2 heterocycles. The van der Waals surface area contributed by atoms with Crippen LogP contribution in [-0.2, 0) is 0 Å². The summed E-state index contributed by atoms with van der Waals surface area (Å²) in [5.74, 6) is 2.17. The van der Waals surface area contributed by atoms with Gasteiger partial charge in [0.1, 0.15) is 5.82 Å². The fraction of sp³-hybridized carbons (Fsp3) is 0.429. The highest BCUT2D eigenvalue weighted by molar-refractivity contribution is 7.13. The number of hydrogen-bond acceptors (Lipinski definition) is 4. The molecule has 1 N–H and O–H groups in total. The number of aromatic nitrogens is 2. The van der Waals surface area contributed by atoms with E-state index in [0.717, 1.165) is 35.2 Å². The normalized spacial score (nSPS) is 10.9. The molecule has 0 amide bonds. The molecule has 2 aromatic rings. The number of nitrogens with zero attached hydrogens (tertiary/aromatic N) is 2. The number of nitrogens with one attached hydrogen (secondary N) is 1. The lowest BCUT2D eigenvalue weighted by Gasteiger charge is -2.10. The van der Waals surface area contributed by atoms with Crippen LogP contribution in [0.2, 0.25) is 0 Å². The van der Waals surface area contributed by atoms with Crippen LogP contribution in [0.3, 0.4) is 0 Å². The van der Waals surface area contributed by atoms with Crippen molar-refractivity contribution >= 4 is 17.2 Å². The Balaban J connectivity index is 2.36. The molecule has 0 bridgehead atoms. The van der Waals surface area contributed by atoms with Gasteiger partial charge in [-0.25, -0.2) is 9.97 Å². The summed E-state index contributed by atoms with van der Waals surface area (Å²) < 4.78 is 0. The van der Waals surface area contributed by atoms with E-state index in [-0.39, 0.29) is 0 Å². The van der Waals surface area contributed by atoms with Crippen LogP contribution in [0.25, 0.3) is 10.7 Å². The van der Waals surface area contributed by atoms with Gasteiger partial charge in [-0.15, -0.1) is 11.3 Å². The Morgan fingerprint density at radius 3 is 2.78 bits per heavy atom. The van der Waals surface area contributed by atoms with E-state index in [2.05, 4.69) is 53.6 Å². The summed E-state index contributed by atoms with van der Waals surface area (Å²) in [6.45, 7) is 7.41. The van der Waals surface area contributed by atoms with Crippen molar-refractivity contribution in [2.24, 2.45) is 0 Å². The Hall–Kier alpha value is -1.42. The van der Waals surface area contributed by atoms with Gasteiger partial charge in [0.15, 0.2) is 5.82 Å². The SMILES string of the molecule is CCCNc1cc(C(C)C)nc(-c2cccs2)n1. The first-order valence-corrected chi connectivity index (χ1v) is 7.25. The average Bonchev–Trinajstić information content (AvgIpc) is 2.89. The van der Waals surface area contributed by atoms with Crippen LogP contribution >= 0.6 is 11.3 Å². The van der Waals surface area contributed by atoms with Crippen LogP contribution in [0.4, 0.5) is 5.82 Å². The van der Waals surface area contributed by atoms with Gasteiger partial charge in [-0.3, -0.25) is 0 Å². The molecule has 2 aromatic heterocycles. The zero-order chi connectivity index (χ0) is 13.0. The van der Waals surface area contributed by atoms with Crippen LogP contribution in [0.5, 0.6) is 0 Å². The Bertz CT molecular complexity index is 492. The highest BCUT2D eigenvalue weighted by Gasteiger charge is 2.09. The van der Waals surface area contributed by atoms with Crippen molar-refractivity contribution in [3.63, 3.8) is 0 Å². The molecule has 0 aliphatic carbocycles. The summed E-state index contributed by atoms with van der Waals surface area (Å²) in [7, 11) is 0. The van der Waals surface area contributed by atoms with Crippen molar-refractivity contribution in [3.8, 4) is 10.7 Å². The van der Waals surface area contributed by atoms with Gasteiger partial charge in [0, 0.05) is 18.3 Å². The standard InChI is InChI=1S/C14H19N3S/c1-4-7-15-13-9-11(10(2)3)16-14(17-13)12-6-5-8-18-12/h5-6,8-10H,4,7H2,1-3H3,(H,15,16,17). The van der Waals surface area contributed by atoms with Crippen molar-refractivity contribution in [2.75, 3.05) is 11.9 Å². The molecule has 96 valence electrons. The monoisotopic (exact) mass is 261 g/mol. The number of hydrogen-bond donors (Lipinski definition) is 1. The first-order valence-electron chi connectivity index (χ1n) is 6.37. The van der Waals surface area contributed by atoms with Gasteiger partial charge in [-0.1, -0.05) is 26.8 Å². The molecular weight excluding hydrogens is 242 g/mol. The van der Waals surface area contributed by atoms with Gasteiger partial charge < -0.3 is 5.32 Å². The molecule has 0 saturated heterocycles. The molecule has 0 aliphatic rings. The molecule has 0 atom stereocenters. The third-order valence-electron chi connectivity index (χ3n) is 2.64. The maximum Gasteiger partial charge on any atom is 0.171 e. The average molecular weight is 261 g/mol. The largest absolute Gasteiger partial charge is 0.370 e. The van der Waals surface area contributed by atoms with Gasteiger partial charge >= 0.3 is 0 Å². The molecule has 3 nitrogen and oxygen atoms in total. The van der Waals surface area contributed by atoms with Crippen molar-refractivity contribution in [3.05, 3.63) is 29.3 Å². The molecular formula is C14H19N3S. The number of thiophene rings is 1.